The predicted octanol–water partition coefficient (Wildman–Crippen LogP) is 4.36. The molecule has 1 aromatic rings. The highest BCUT2D eigenvalue weighted by molar-refractivity contribution is 5.76. The number of benzene rings is 1. The van der Waals surface area contributed by atoms with Crippen molar-refractivity contribution < 1.29 is 14.3 Å². The van der Waals surface area contributed by atoms with E-state index in [4.69, 9.17) is 9.47 Å². The minimum absolute atomic E-state index is 0.248. The number of rotatable bonds is 8. The van der Waals surface area contributed by atoms with Crippen LogP contribution in [0.5, 0.6) is 11.5 Å². The molecule has 1 saturated carbocycles. The quantitative estimate of drug-likeness (QED) is 0.720. The molecule has 1 amide bonds. The minimum Gasteiger partial charge on any atom is -0.454 e. The summed E-state index contributed by atoms with van der Waals surface area (Å²) in [6, 6.07) is 6.63. The maximum Gasteiger partial charge on any atom is 0.231 e. The van der Waals surface area contributed by atoms with E-state index in [9.17, 15) is 4.79 Å². The van der Waals surface area contributed by atoms with Gasteiger partial charge in [-0.2, -0.15) is 0 Å². The molecule has 0 saturated heterocycles. The van der Waals surface area contributed by atoms with E-state index >= 15 is 0 Å². The van der Waals surface area contributed by atoms with Crippen molar-refractivity contribution in [1.82, 2.24) is 5.32 Å². The Morgan fingerprint density at radius 3 is 2.67 bits per heavy atom. The van der Waals surface area contributed by atoms with Gasteiger partial charge >= 0.3 is 0 Å². The Balaban J connectivity index is 1.24. The van der Waals surface area contributed by atoms with Gasteiger partial charge in [0.25, 0.3) is 0 Å². The van der Waals surface area contributed by atoms with Crippen molar-refractivity contribution in [3.05, 3.63) is 23.8 Å². The summed E-state index contributed by atoms with van der Waals surface area (Å²) in [4.78, 5) is 11.9. The molecule has 1 N–H and O–H groups in total. The van der Waals surface area contributed by atoms with Crippen LogP contribution in [0.15, 0.2) is 18.2 Å². The van der Waals surface area contributed by atoms with Gasteiger partial charge in [0.05, 0.1) is 0 Å². The van der Waals surface area contributed by atoms with Crippen LogP contribution >= 0.6 is 0 Å². The van der Waals surface area contributed by atoms with Crippen molar-refractivity contribution in [1.29, 1.82) is 0 Å². The van der Waals surface area contributed by atoms with Crippen molar-refractivity contribution >= 4 is 5.91 Å². The molecule has 2 aliphatic rings. The molecule has 0 atom stereocenters. The molecule has 0 unspecified atom stereocenters. The number of fused-ring (bicyclic) bond motifs is 1. The average Bonchev–Trinajstić information content (AvgIpc) is 3.06. The molecule has 0 bridgehead atoms. The van der Waals surface area contributed by atoms with Gasteiger partial charge in [0.15, 0.2) is 11.5 Å². The Labute approximate surface area is 144 Å². The number of hydrogen-bond donors (Lipinski definition) is 1. The number of carbonyl (C=O) groups is 1. The highest BCUT2D eigenvalue weighted by Gasteiger charge is 2.15. The highest BCUT2D eigenvalue weighted by atomic mass is 16.7. The molecule has 1 aliphatic carbocycles. The third kappa shape index (κ3) is 5.15. The Bertz CT molecular complexity index is 538. The molecule has 0 radical (unpaired) electrons. The van der Waals surface area contributed by atoms with Gasteiger partial charge in [0.2, 0.25) is 12.7 Å². The second kappa shape index (κ2) is 8.95. The number of ether oxygens (including phenoxy) is 2. The molecule has 3 rings (SSSR count). The van der Waals surface area contributed by atoms with Gasteiger partial charge in [-0.25, -0.2) is 0 Å². The Hall–Kier alpha value is -1.71. The monoisotopic (exact) mass is 331 g/mol. The fourth-order valence-corrected chi connectivity index (χ4v) is 3.61. The predicted molar refractivity (Wildman–Crippen MR) is 94.4 cm³/mol. The van der Waals surface area contributed by atoms with Crippen LogP contribution in [0.1, 0.15) is 69.8 Å². The largest absolute Gasteiger partial charge is 0.454 e. The van der Waals surface area contributed by atoms with E-state index in [-0.39, 0.29) is 5.91 Å². The number of carbonyl (C=O) groups excluding carboxylic acids is 1. The van der Waals surface area contributed by atoms with E-state index in [1.807, 2.05) is 6.07 Å². The molecule has 1 heterocycles. The molecule has 1 fully saturated rings. The maximum atomic E-state index is 11.9. The SMILES string of the molecule is O=C(CCCCCCc1ccc2c(c1)OCO2)NC1CCCCC1. The third-order valence-corrected chi connectivity index (χ3v) is 5.03. The van der Waals surface area contributed by atoms with Crippen LogP contribution in [0.2, 0.25) is 0 Å². The van der Waals surface area contributed by atoms with Crippen LogP contribution < -0.4 is 14.8 Å². The van der Waals surface area contributed by atoms with Crippen LogP contribution in [0.4, 0.5) is 0 Å². The third-order valence-electron chi connectivity index (χ3n) is 5.03. The summed E-state index contributed by atoms with van der Waals surface area (Å²) < 4.78 is 10.7. The van der Waals surface area contributed by atoms with Gasteiger partial charge in [0, 0.05) is 12.5 Å². The van der Waals surface area contributed by atoms with Crippen molar-refractivity contribution in [2.24, 2.45) is 0 Å². The van der Waals surface area contributed by atoms with E-state index in [1.54, 1.807) is 0 Å². The molecule has 0 aromatic heterocycles. The summed E-state index contributed by atoms with van der Waals surface area (Å²) in [5.74, 6) is 1.97. The van der Waals surface area contributed by atoms with Crippen molar-refractivity contribution in [3.8, 4) is 11.5 Å². The van der Waals surface area contributed by atoms with Crippen molar-refractivity contribution in [2.75, 3.05) is 6.79 Å². The summed E-state index contributed by atoms with van der Waals surface area (Å²) in [6.45, 7) is 0.335. The summed E-state index contributed by atoms with van der Waals surface area (Å²) in [5.41, 5.74) is 1.30. The van der Waals surface area contributed by atoms with Gasteiger partial charge in [0.1, 0.15) is 0 Å². The van der Waals surface area contributed by atoms with E-state index in [0.717, 1.165) is 37.2 Å². The zero-order valence-corrected chi connectivity index (χ0v) is 14.5. The summed E-state index contributed by atoms with van der Waals surface area (Å²) in [7, 11) is 0. The molecule has 4 nitrogen and oxygen atoms in total. The number of aryl methyl sites for hydroxylation is 1. The van der Waals surface area contributed by atoms with Gasteiger partial charge in [-0.05, 0) is 49.8 Å². The number of nitrogens with one attached hydrogen (secondary N) is 1. The topological polar surface area (TPSA) is 47.6 Å². The lowest BCUT2D eigenvalue weighted by Crippen LogP contribution is -2.35. The van der Waals surface area contributed by atoms with Crippen LogP contribution in [0, 0.1) is 0 Å². The van der Waals surface area contributed by atoms with Crippen LogP contribution in [-0.2, 0) is 11.2 Å². The van der Waals surface area contributed by atoms with Gasteiger partial charge in [-0.15, -0.1) is 0 Å². The fourth-order valence-electron chi connectivity index (χ4n) is 3.61. The first kappa shape index (κ1) is 17.1. The molecular formula is C20H29NO3. The van der Waals surface area contributed by atoms with Crippen molar-refractivity contribution in [3.63, 3.8) is 0 Å². The molecule has 132 valence electrons. The molecule has 1 aromatic carbocycles. The minimum atomic E-state index is 0.248. The van der Waals surface area contributed by atoms with Gasteiger partial charge < -0.3 is 14.8 Å². The lowest BCUT2D eigenvalue weighted by atomic mass is 9.95. The smallest absolute Gasteiger partial charge is 0.231 e. The first-order valence-electron chi connectivity index (χ1n) is 9.49. The maximum absolute atomic E-state index is 11.9. The standard InChI is InChI=1S/C20H29NO3/c22-20(21-17-9-5-3-6-10-17)11-7-2-1-4-8-16-12-13-18-19(14-16)24-15-23-18/h12-14,17H,1-11,15H2,(H,21,22). The first-order chi connectivity index (χ1) is 11.8. The molecule has 1 aliphatic heterocycles. The molecular weight excluding hydrogens is 302 g/mol. The Kier molecular flexibility index (Phi) is 6.39. The van der Waals surface area contributed by atoms with E-state index < -0.39 is 0 Å². The van der Waals surface area contributed by atoms with Gasteiger partial charge in [-0.3, -0.25) is 4.79 Å². The zero-order chi connectivity index (χ0) is 16.6. The Morgan fingerprint density at radius 1 is 1.00 bits per heavy atom. The highest BCUT2D eigenvalue weighted by Crippen LogP contribution is 2.32. The number of hydrogen-bond acceptors (Lipinski definition) is 3. The normalized spacial score (nSPS) is 17.0. The fraction of sp³-hybridized carbons (Fsp3) is 0.650. The van der Waals surface area contributed by atoms with Crippen LogP contribution in [0.25, 0.3) is 0 Å². The second-order valence-corrected chi connectivity index (χ2v) is 7.00. The van der Waals surface area contributed by atoms with Gasteiger partial charge in [-0.1, -0.05) is 38.2 Å². The number of amides is 1. The van der Waals surface area contributed by atoms with Crippen LogP contribution in [-0.4, -0.2) is 18.7 Å². The van der Waals surface area contributed by atoms with E-state index in [2.05, 4.69) is 17.4 Å². The molecule has 24 heavy (non-hydrogen) atoms. The average molecular weight is 331 g/mol. The molecule has 4 heteroatoms. The van der Waals surface area contributed by atoms with E-state index in [1.165, 1.54) is 44.1 Å². The molecule has 0 spiro atoms. The summed E-state index contributed by atoms with van der Waals surface area (Å²) in [5, 5.41) is 3.19. The summed E-state index contributed by atoms with van der Waals surface area (Å²) >= 11 is 0. The second-order valence-electron chi connectivity index (χ2n) is 7.00. The Morgan fingerprint density at radius 2 is 1.79 bits per heavy atom. The van der Waals surface area contributed by atoms with Crippen LogP contribution in [0.3, 0.4) is 0 Å². The number of unbranched alkanes of at least 4 members (excludes halogenated alkanes) is 3. The lowest BCUT2D eigenvalue weighted by molar-refractivity contribution is -0.122. The summed E-state index contributed by atoms with van der Waals surface area (Å²) in [6.07, 6.45) is 12.4. The van der Waals surface area contributed by atoms with E-state index in [0.29, 0.717) is 19.3 Å². The first-order valence-corrected chi connectivity index (χ1v) is 9.49. The zero-order valence-electron chi connectivity index (χ0n) is 14.5. The lowest BCUT2D eigenvalue weighted by Gasteiger charge is -2.22. The van der Waals surface area contributed by atoms with Crippen molar-refractivity contribution in [2.45, 2.75) is 76.7 Å².